The van der Waals surface area contributed by atoms with Crippen LogP contribution in [0.15, 0.2) is 0 Å². The molecule has 1 aromatic rings. The number of hydrogen-bond donors (Lipinski definition) is 1. The molecule has 2 rings (SSSR count). The smallest absolute Gasteiger partial charge is 0.0860 e. The first kappa shape index (κ1) is 11.9. The summed E-state index contributed by atoms with van der Waals surface area (Å²) in [5.74, 6) is 1.74. The number of aromatic nitrogens is 2. The summed E-state index contributed by atoms with van der Waals surface area (Å²) in [5, 5.41) is 8.57. The van der Waals surface area contributed by atoms with Gasteiger partial charge in [-0.05, 0) is 38.1 Å². The lowest BCUT2D eigenvalue weighted by atomic mass is 10.1. The summed E-state index contributed by atoms with van der Waals surface area (Å²) in [4.78, 5) is 0. The van der Waals surface area contributed by atoms with E-state index in [1.165, 1.54) is 12.8 Å². The zero-order valence-corrected chi connectivity index (χ0v) is 11.0. The fourth-order valence-corrected chi connectivity index (χ4v) is 2.35. The van der Waals surface area contributed by atoms with Crippen molar-refractivity contribution in [1.82, 2.24) is 15.1 Å². The van der Waals surface area contributed by atoms with E-state index in [1.54, 1.807) is 0 Å². The normalized spacial score (nSPS) is 17.8. The van der Waals surface area contributed by atoms with Crippen molar-refractivity contribution in [3.63, 3.8) is 0 Å². The van der Waals surface area contributed by atoms with E-state index in [9.17, 15) is 0 Å². The van der Waals surface area contributed by atoms with E-state index in [2.05, 4.69) is 17.3 Å². The maximum absolute atomic E-state index is 6.18. The second-order valence-electron chi connectivity index (χ2n) is 4.92. The van der Waals surface area contributed by atoms with Crippen LogP contribution in [0.4, 0.5) is 0 Å². The highest BCUT2D eigenvalue weighted by atomic mass is 35.5. The Kier molecular flexibility index (Phi) is 3.55. The number of rotatable bonds is 5. The van der Waals surface area contributed by atoms with Gasteiger partial charge in [0.15, 0.2) is 0 Å². The Hall–Kier alpha value is -0.540. The van der Waals surface area contributed by atoms with E-state index in [0.717, 1.165) is 41.3 Å². The van der Waals surface area contributed by atoms with Gasteiger partial charge in [0.1, 0.15) is 0 Å². The van der Waals surface area contributed by atoms with E-state index in [0.29, 0.717) is 0 Å². The van der Waals surface area contributed by atoms with Crippen LogP contribution in [0, 0.1) is 18.8 Å². The second-order valence-corrected chi connectivity index (χ2v) is 5.29. The minimum absolute atomic E-state index is 0.785. The maximum atomic E-state index is 6.18. The first-order chi connectivity index (χ1) is 7.59. The van der Waals surface area contributed by atoms with Gasteiger partial charge >= 0.3 is 0 Å². The SMILES string of the molecule is Cc1nn(C)c(CNCC(C)C2CC2)c1Cl. The van der Waals surface area contributed by atoms with Gasteiger partial charge < -0.3 is 5.32 Å². The van der Waals surface area contributed by atoms with Gasteiger partial charge in [-0.25, -0.2) is 0 Å². The molecule has 1 aliphatic carbocycles. The van der Waals surface area contributed by atoms with Crippen molar-refractivity contribution in [2.24, 2.45) is 18.9 Å². The summed E-state index contributed by atoms with van der Waals surface area (Å²) in [6, 6.07) is 0. The number of nitrogens with one attached hydrogen (secondary N) is 1. The minimum atomic E-state index is 0.785. The molecule has 1 aromatic heterocycles. The molecule has 1 heterocycles. The van der Waals surface area contributed by atoms with E-state index < -0.39 is 0 Å². The molecule has 0 spiro atoms. The van der Waals surface area contributed by atoms with E-state index in [4.69, 9.17) is 11.6 Å². The molecular formula is C12H20ClN3. The van der Waals surface area contributed by atoms with Gasteiger partial charge in [0.25, 0.3) is 0 Å². The molecule has 90 valence electrons. The quantitative estimate of drug-likeness (QED) is 0.859. The predicted molar refractivity (Wildman–Crippen MR) is 66.5 cm³/mol. The van der Waals surface area contributed by atoms with Gasteiger partial charge in [-0.15, -0.1) is 0 Å². The molecule has 0 radical (unpaired) electrons. The Bertz CT molecular complexity index is 369. The second kappa shape index (κ2) is 4.76. The third kappa shape index (κ3) is 2.58. The molecule has 1 aliphatic rings. The molecule has 0 saturated heterocycles. The van der Waals surface area contributed by atoms with Gasteiger partial charge in [0.2, 0.25) is 0 Å². The molecule has 1 fully saturated rings. The van der Waals surface area contributed by atoms with Crippen LogP contribution in [0.25, 0.3) is 0 Å². The number of aryl methyl sites for hydroxylation is 2. The van der Waals surface area contributed by atoms with Crippen LogP contribution >= 0.6 is 11.6 Å². The van der Waals surface area contributed by atoms with Crippen LogP contribution < -0.4 is 5.32 Å². The average Bonchev–Trinajstić information content (AvgIpc) is 3.02. The Morgan fingerprint density at radius 3 is 2.75 bits per heavy atom. The van der Waals surface area contributed by atoms with Gasteiger partial charge in [-0.2, -0.15) is 5.10 Å². The molecule has 1 unspecified atom stereocenters. The van der Waals surface area contributed by atoms with E-state index in [1.807, 2.05) is 18.7 Å². The zero-order chi connectivity index (χ0) is 11.7. The molecule has 1 atom stereocenters. The third-order valence-corrected chi connectivity index (χ3v) is 3.94. The standard InChI is InChI=1S/C12H20ClN3/c1-8(10-4-5-10)6-14-7-11-12(13)9(2)15-16(11)3/h8,10,14H,4-7H2,1-3H3. The Morgan fingerprint density at radius 1 is 1.56 bits per heavy atom. The van der Waals surface area contributed by atoms with Crippen molar-refractivity contribution in [3.8, 4) is 0 Å². The number of nitrogens with zero attached hydrogens (tertiary/aromatic N) is 2. The fraction of sp³-hybridized carbons (Fsp3) is 0.750. The lowest BCUT2D eigenvalue weighted by molar-refractivity contribution is 0.456. The lowest BCUT2D eigenvalue weighted by Gasteiger charge is -2.11. The summed E-state index contributed by atoms with van der Waals surface area (Å²) in [6.45, 7) is 6.15. The fourth-order valence-electron chi connectivity index (χ4n) is 2.12. The summed E-state index contributed by atoms with van der Waals surface area (Å²) in [5.41, 5.74) is 2.00. The number of hydrogen-bond acceptors (Lipinski definition) is 2. The van der Waals surface area contributed by atoms with Crippen molar-refractivity contribution >= 4 is 11.6 Å². The van der Waals surface area contributed by atoms with Gasteiger partial charge in [0, 0.05) is 13.6 Å². The summed E-state index contributed by atoms with van der Waals surface area (Å²) in [7, 11) is 1.94. The third-order valence-electron chi connectivity index (χ3n) is 3.45. The highest BCUT2D eigenvalue weighted by Crippen LogP contribution is 2.36. The van der Waals surface area contributed by atoms with Crippen molar-refractivity contribution in [1.29, 1.82) is 0 Å². The lowest BCUT2D eigenvalue weighted by Crippen LogP contribution is -2.23. The summed E-state index contributed by atoms with van der Waals surface area (Å²) < 4.78 is 1.87. The maximum Gasteiger partial charge on any atom is 0.0860 e. The van der Waals surface area contributed by atoms with E-state index >= 15 is 0 Å². The highest BCUT2D eigenvalue weighted by molar-refractivity contribution is 6.31. The molecule has 16 heavy (non-hydrogen) atoms. The molecule has 1 saturated carbocycles. The highest BCUT2D eigenvalue weighted by Gasteiger charge is 2.27. The van der Waals surface area contributed by atoms with Crippen LogP contribution in [-0.2, 0) is 13.6 Å². The molecule has 1 N–H and O–H groups in total. The van der Waals surface area contributed by atoms with Gasteiger partial charge in [-0.1, -0.05) is 18.5 Å². The molecule has 3 nitrogen and oxygen atoms in total. The zero-order valence-electron chi connectivity index (χ0n) is 10.3. The largest absolute Gasteiger partial charge is 0.311 e. The molecule has 0 aliphatic heterocycles. The summed E-state index contributed by atoms with van der Waals surface area (Å²) in [6.07, 6.45) is 2.82. The Morgan fingerprint density at radius 2 is 2.25 bits per heavy atom. The topological polar surface area (TPSA) is 29.9 Å². The van der Waals surface area contributed by atoms with E-state index in [-0.39, 0.29) is 0 Å². The van der Waals surface area contributed by atoms with Crippen molar-refractivity contribution in [2.75, 3.05) is 6.54 Å². The summed E-state index contributed by atoms with van der Waals surface area (Å²) >= 11 is 6.18. The van der Waals surface area contributed by atoms with Gasteiger partial charge in [-0.3, -0.25) is 4.68 Å². The Labute approximate surface area is 102 Å². The van der Waals surface area contributed by atoms with Crippen LogP contribution in [0.5, 0.6) is 0 Å². The molecule has 0 amide bonds. The van der Waals surface area contributed by atoms with Gasteiger partial charge in [0.05, 0.1) is 16.4 Å². The van der Waals surface area contributed by atoms with Crippen molar-refractivity contribution in [3.05, 3.63) is 16.4 Å². The molecule has 0 bridgehead atoms. The van der Waals surface area contributed by atoms with Crippen LogP contribution in [-0.4, -0.2) is 16.3 Å². The van der Waals surface area contributed by atoms with Crippen LogP contribution in [0.2, 0.25) is 5.02 Å². The predicted octanol–water partition coefficient (Wildman–Crippen LogP) is 2.52. The molecule has 4 heteroatoms. The van der Waals surface area contributed by atoms with Crippen molar-refractivity contribution in [2.45, 2.75) is 33.2 Å². The van der Waals surface area contributed by atoms with Crippen LogP contribution in [0.1, 0.15) is 31.2 Å². The minimum Gasteiger partial charge on any atom is -0.311 e. The number of halogens is 1. The van der Waals surface area contributed by atoms with Crippen LogP contribution in [0.3, 0.4) is 0 Å². The average molecular weight is 242 g/mol. The molecule has 0 aromatic carbocycles. The monoisotopic (exact) mass is 241 g/mol. The van der Waals surface area contributed by atoms with Crippen molar-refractivity contribution < 1.29 is 0 Å². The molecular weight excluding hydrogens is 222 g/mol. The first-order valence-corrected chi connectivity index (χ1v) is 6.36. The Balaban J connectivity index is 1.84. The first-order valence-electron chi connectivity index (χ1n) is 5.98.